The molecule has 2 rings (SSSR count). The lowest BCUT2D eigenvalue weighted by Crippen LogP contribution is -2.35. The van der Waals surface area contributed by atoms with E-state index in [-0.39, 0.29) is 15.7 Å². The molecule has 3 heteroatoms. The normalized spacial score (nSPS) is 14.4. The Morgan fingerprint density at radius 3 is 3.08 bits per heavy atom. The van der Waals surface area contributed by atoms with Gasteiger partial charge in [-0.3, -0.25) is 0 Å². The number of rotatable bonds is 2. The SMILES string of the molecule is OCCN1C=[SiH]c2ccccc2C1. The van der Waals surface area contributed by atoms with Gasteiger partial charge in [0, 0.05) is 13.1 Å². The van der Waals surface area contributed by atoms with Gasteiger partial charge >= 0.3 is 0 Å². The highest BCUT2D eigenvalue weighted by atomic mass is 28.2. The molecule has 0 saturated carbocycles. The zero-order valence-electron chi connectivity index (χ0n) is 7.48. The molecule has 1 N–H and O–H groups in total. The average molecular weight is 191 g/mol. The zero-order chi connectivity index (χ0) is 9.10. The van der Waals surface area contributed by atoms with Crippen LogP contribution in [0.2, 0.25) is 0 Å². The van der Waals surface area contributed by atoms with E-state index >= 15 is 0 Å². The van der Waals surface area contributed by atoms with E-state index in [0.717, 1.165) is 13.1 Å². The summed E-state index contributed by atoms with van der Waals surface area (Å²) in [4.78, 5) is 2.21. The maximum atomic E-state index is 8.81. The molecular formula is C10H13NOSi. The van der Waals surface area contributed by atoms with Crippen LogP contribution in [0.1, 0.15) is 5.56 Å². The van der Waals surface area contributed by atoms with Gasteiger partial charge in [0.25, 0.3) is 0 Å². The molecule has 2 nitrogen and oxygen atoms in total. The molecule has 0 aromatic heterocycles. The molecule has 13 heavy (non-hydrogen) atoms. The van der Waals surface area contributed by atoms with Crippen LogP contribution >= 0.6 is 0 Å². The highest BCUT2D eigenvalue weighted by Crippen LogP contribution is 2.02. The Morgan fingerprint density at radius 2 is 2.23 bits per heavy atom. The minimum Gasteiger partial charge on any atom is -0.395 e. The van der Waals surface area contributed by atoms with E-state index in [1.165, 1.54) is 10.8 Å². The van der Waals surface area contributed by atoms with Crippen molar-refractivity contribution in [2.45, 2.75) is 6.54 Å². The summed E-state index contributed by atoms with van der Waals surface area (Å²) in [6.07, 6.45) is 0. The molecule has 0 bridgehead atoms. The lowest BCUT2D eigenvalue weighted by atomic mass is 10.2. The number of β-amino-alcohol motifs (C(OH)–C–C–N with tert-alkyl or cyclic N) is 1. The standard InChI is InChI=1S/C10H13NOSi/c12-6-5-11-7-9-3-1-2-4-10(9)13-8-11/h1-4,8,12-13H,5-7H2. The summed E-state index contributed by atoms with van der Waals surface area (Å²) in [6, 6.07) is 8.57. The first-order valence-electron chi connectivity index (χ1n) is 4.51. The van der Waals surface area contributed by atoms with Gasteiger partial charge in [-0.1, -0.05) is 24.3 Å². The number of aliphatic hydroxyl groups is 1. The minimum atomic E-state index is 0.248. The van der Waals surface area contributed by atoms with Gasteiger partial charge in [0.1, 0.15) is 0 Å². The number of aliphatic hydroxyl groups excluding tert-OH is 1. The van der Waals surface area contributed by atoms with Gasteiger partial charge in [-0.15, -0.1) is 0 Å². The van der Waals surface area contributed by atoms with Crippen molar-refractivity contribution in [2.24, 2.45) is 0 Å². The minimum absolute atomic E-state index is 0.248. The molecule has 0 saturated heterocycles. The highest BCUT2D eigenvalue weighted by molar-refractivity contribution is 6.61. The lowest BCUT2D eigenvalue weighted by molar-refractivity contribution is 0.250. The fraction of sp³-hybridized carbons (Fsp3) is 0.300. The fourth-order valence-corrected chi connectivity index (χ4v) is 2.83. The second kappa shape index (κ2) is 3.85. The average Bonchev–Trinajstić information content (AvgIpc) is 2.18. The largest absolute Gasteiger partial charge is 0.395 e. The number of benzene rings is 1. The molecule has 0 amide bonds. The van der Waals surface area contributed by atoms with Crippen molar-refractivity contribution < 1.29 is 5.11 Å². The van der Waals surface area contributed by atoms with E-state index in [1.807, 2.05) is 0 Å². The Labute approximate surface area is 80.3 Å². The number of hydrogen-bond donors (Lipinski definition) is 1. The van der Waals surface area contributed by atoms with Crippen LogP contribution in [-0.2, 0) is 6.54 Å². The maximum Gasteiger partial charge on any atom is 0.0606 e. The van der Waals surface area contributed by atoms with Crippen molar-refractivity contribution in [3.63, 3.8) is 0 Å². The van der Waals surface area contributed by atoms with E-state index in [0.29, 0.717) is 0 Å². The Morgan fingerprint density at radius 1 is 1.38 bits per heavy atom. The smallest absolute Gasteiger partial charge is 0.0606 e. The van der Waals surface area contributed by atoms with E-state index in [4.69, 9.17) is 5.11 Å². The third kappa shape index (κ3) is 1.87. The van der Waals surface area contributed by atoms with Crippen LogP contribution in [0, 0.1) is 0 Å². The fourth-order valence-electron chi connectivity index (χ4n) is 1.58. The summed E-state index contributed by atoms with van der Waals surface area (Å²) in [5.41, 5.74) is 1.42. The van der Waals surface area contributed by atoms with Gasteiger partial charge in [0.15, 0.2) is 0 Å². The number of nitrogens with zero attached hydrogens (tertiary/aromatic N) is 1. The number of hydrogen-bond acceptors (Lipinski definition) is 2. The molecule has 1 aliphatic rings. The van der Waals surface area contributed by atoms with E-state index < -0.39 is 0 Å². The first-order valence-corrected chi connectivity index (χ1v) is 5.75. The van der Waals surface area contributed by atoms with E-state index in [1.54, 1.807) is 0 Å². The monoisotopic (exact) mass is 191 g/mol. The van der Waals surface area contributed by atoms with Crippen LogP contribution in [0.15, 0.2) is 24.3 Å². The van der Waals surface area contributed by atoms with Crippen LogP contribution in [0.4, 0.5) is 0 Å². The predicted octanol–water partition coefficient (Wildman–Crippen LogP) is -0.684. The van der Waals surface area contributed by atoms with Crippen molar-refractivity contribution in [1.29, 1.82) is 0 Å². The van der Waals surface area contributed by atoms with Gasteiger partial charge in [0.05, 0.1) is 15.7 Å². The van der Waals surface area contributed by atoms with E-state index in [9.17, 15) is 0 Å². The van der Waals surface area contributed by atoms with Gasteiger partial charge in [0.2, 0.25) is 0 Å². The summed E-state index contributed by atoms with van der Waals surface area (Å²) in [7, 11) is 0.266. The molecule has 0 spiro atoms. The Bertz CT molecular complexity index is 324. The summed E-state index contributed by atoms with van der Waals surface area (Å²) >= 11 is 0. The molecule has 0 atom stereocenters. The topological polar surface area (TPSA) is 23.5 Å². The first-order chi connectivity index (χ1) is 6.40. The quantitative estimate of drug-likeness (QED) is 0.626. The Kier molecular flexibility index (Phi) is 2.56. The predicted molar refractivity (Wildman–Crippen MR) is 56.8 cm³/mol. The Hall–Kier alpha value is -0.933. The third-order valence-electron chi connectivity index (χ3n) is 2.28. The molecule has 1 aliphatic heterocycles. The first kappa shape index (κ1) is 8.66. The highest BCUT2D eigenvalue weighted by Gasteiger charge is 2.08. The summed E-state index contributed by atoms with van der Waals surface area (Å²) in [5, 5.41) is 10.3. The molecule has 1 heterocycles. The summed E-state index contributed by atoms with van der Waals surface area (Å²) in [5.74, 6) is 2.25. The summed E-state index contributed by atoms with van der Waals surface area (Å²) in [6.45, 7) is 1.98. The van der Waals surface area contributed by atoms with Crippen molar-refractivity contribution in [3.05, 3.63) is 29.8 Å². The second-order valence-corrected chi connectivity index (χ2v) is 4.46. The van der Waals surface area contributed by atoms with Crippen LogP contribution in [0.3, 0.4) is 0 Å². The molecule has 0 fully saturated rings. The van der Waals surface area contributed by atoms with Gasteiger partial charge in [-0.25, -0.2) is 0 Å². The molecule has 0 radical (unpaired) electrons. The van der Waals surface area contributed by atoms with Gasteiger partial charge in [-0.05, 0) is 16.5 Å². The molecule has 1 aromatic rings. The van der Waals surface area contributed by atoms with Gasteiger partial charge in [-0.2, -0.15) is 0 Å². The van der Waals surface area contributed by atoms with Crippen molar-refractivity contribution >= 4 is 20.1 Å². The lowest BCUT2D eigenvalue weighted by Gasteiger charge is -2.24. The second-order valence-electron chi connectivity index (χ2n) is 3.21. The van der Waals surface area contributed by atoms with Crippen molar-refractivity contribution in [3.8, 4) is 0 Å². The molecule has 68 valence electrons. The van der Waals surface area contributed by atoms with Crippen LogP contribution in [0.5, 0.6) is 0 Å². The van der Waals surface area contributed by atoms with Crippen molar-refractivity contribution in [2.75, 3.05) is 13.2 Å². The van der Waals surface area contributed by atoms with Crippen LogP contribution in [-0.4, -0.2) is 38.1 Å². The Balaban J connectivity index is 2.19. The van der Waals surface area contributed by atoms with Crippen molar-refractivity contribution in [1.82, 2.24) is 4.90 Å². The zero-order valence-corrected chi connectivity index (χ0v) is 8.63. The molecule has 0 unspecified atom stereocenters. The number of fused-ring (bicyclic) bond motifs is 1. The maximum absolute atomic E-state index is 8.81. The molecular weight excluding hydrogens is 178 g/mol. The van der Waals surface area contributed by atoms with E-state index in [2.05, 4.69) is 35.0 Å². The van der Waals surface area contributed by atoms with Gasteiger partial charge < -0.3 is 10.0 Å². The van der Waals surface area contributed by atoms with Crippen LogP contribution < -0.4 is 5.19 Å². The third-order valence-corrected chi connectivity index (χ3v) is 3.77. The molecule has 1 aromatic carbocycles. The summed E-state index contributed by atoms with van der Waals surface area (Å²) < 4.78 is 0. The van der Waals surface area contributed by atoms with Crippen LogP contribution in [0.25, 0.3) is 0 Å². The molecule has 0 aliphatic carbocycles.